The Balaban J connectivity index is 2.71. The highest BCUT2D eigenvalue weighted by Gasteiger charge is 2.15. The molecule has 1 aromatic carbocycles. The molecule has 0 aliphatic heterocycles. The number of hydrogen-bond acceptors (Lipinski definition) is 2. The van der Waals surface area contributed by atoms with Crippen molar-refractivity contribution in [1.29, 1.82) is 0 Å². The fraction of sp³-hybridized carbons (Fsp3) is 0.538. The van der Waals surface area contributed by atoms with E-state index >= 15 is 0 Å². The van der Waals surface area contributed by atoms with Gasteiger partial charge in [0.1, 0.15) is 5.75 Å². The van der Waals surface area contributed by atoms with Crippen molar-refractivity contribution in [2.24, 2.45) is 5.92 Å². The first-order chi connectivity index (χ1) is 7.00. The number of benzene rings is 1. The third-order valence-corrected chi connectivity index (χ3v) is 2.90. The Morgan fingerprint density at radius 2 is 1.93 bits per heavy atom. The minimum atomic E-state index is 0.358. The van der Waals surface area contributed by atoms with Gasteiger partial charge in [0.2, 0.25) is 0 Å². The normalized spacial score (nSPS) is 15.3. The zero-order valence-electron chi connectivity index (χ0n) is 10.1. The maximum Gasteiger partial charge on any atom is 0.115 e. The summed E-state index contributed by atoms with van der Waals surface area (Å²) in [5, 5.41) is 9.42. The summed E-state index contributed by atoms with van der Waals surface area (Å²) in [7, 11) is 4.18. The summed E-state index contributed by atoms with van der Waals surface area (Å²) >= 11 is 0. The van der Waals surface area contributed by atoms with Crippen LogP contribution in [-0.2, 0) is 0 Å². The third-order valence-electron chi connectivity index (χ3n) is 2.90. The van der Waals surface area contributed by atoms with E-state index in [0.717, 1.165) is 6.54 Å². The summed E-state index contributed by atoms with van der Waals surface area (Å²) in [5.74, 6) is 1.41. The fourth-order valence-electron chi connectivity index (χ4n) is 1.87. The van der Waals surface area contributed by atoms with Crippen molar-refractivity contribution >= 4 is 0 Å². The van der Waals surface area contributed by atoms with Gasteiger partial charge in [0.15, 0.2) is 0 Å². The van der Waals surface area contributed by atoms with Crippen LogP contribution >= 0.6 is 0 Å². The molecule has 0 spiro atoms. The molecule has 1 N–H and O–H groups in total. The van der Waals surface area contributed by atoms with Crippen molar-refractivity contribution in [2.75, 3.05) is 20.6 Å². The van der Waals surface area contributed by atoms with Gasteiger partial charge >= 0.3 is 0 Å². The minimum Gasteiger partial charge on any atom is -0.508 e. The second-order valence-electron chi connectivity index (χ2n) is 4.62. The Bertz CT molecular complexity index is 309. The van der Waals surface area contributed by atoms with Crippen molar-refractivity contribution in [1.82, 2.24) is 4.90 Å². The summed E-state index contributed by atoms with van der Waals surface area (Å²) in [6, 6.07) is 7.56. The molecule has 1 aromatic rings. The average Bonchev–Trinajstić information content (AvgIpc) is 2.15. The Morgan fingerprint density at radius 3 is 2.47 bits per heavy atom. The second-order valence-corrected chi connectivity index (χ2v) is 4.62. The third kappa shape index (κ3) is 3.56. The van der Waals surface area contributed by atoms with Crippen molar-refractivity contribution in [3.63, 3.8) is 0 Å². The summed E-state index contributed by atoms with van der Waals surface area (Å²) < 4.78 is 0. The molecule has 0 fully saturated rings. The van der Waals surface area contributed by atoms with Crippen LogP contribution in [0, 0.1) is 5.92 Å². The molecule has 2 atom stereocenters. The van der Waals surface area contributed by atoms with Gasteiger partial charge in [-0.15, -0.1) is 0 Å². The molecule has 0 radical (unpaired) electrons. The summed E-state index contributed by atoms with van der Waals surface area (Å²) in [6.07, 6.45) is 0. The van der Waals surface area contributed by atoms with E-state index in [-0.39, 0.29) is 0 Å². The number of phenolic OH excluding ortho intramolecular Hbond substituents is 1. The monoisotopic (exact) mass is 207 g/mol. The molecule has 0 heterocycles. The topological polar surface area (TPSA) is 23.5 Å². The van der Waals surface area contributed by atoms with E-state index in [0.29, 0.717) is 17.6 Å². The van der Waals surface area contributed by atoms with Gasteiger partial charge in [-0.3, -0.25) is 0 Å². The van der Waals surface area contributed by atoms with Crippen LogP contribution in [-0.4, -0.2) is 30.6 Å². The average molecular weight is 207 g/mol. The molecule has 0 saturated heterocycles. The molecule has 84 valence electrons. The molecule has 2 nitrogen and oxygen atoms in total. The van der Waals surface area contributed by atoms with E-state index in [1.54, 1.807) is 6.07 Å². The lowest BCUT2D eigenvalue weighted by molar-refractivity contribution is 0.313. The smallest absolute Gasteiger partial charge is 0.115 e. The maximum atomic E-state index is 9.42. The molecule has 2 heteroatoms. The number of nitrogens with zero attached hydrogens (tertiary/aromatic N) is 1. The van der Waals surface area contributed by atoms with Gasteiger partial charge in [0.05, 0.1) is 0 Å². The molecule has 0 aliphatic carbocycles. The summed E-state index contributed by atoms with van der Waals surface area (Å²) in [6.45, 7) is 5.52. The minimum absolute atomic E-state index is 0.358. The highest BCUT2D eigenvalue weighted by Crippen LogP contribution is 2.26. The van der Waals surface area contributed by atoms with Gasteiger partial charge in [-0.2, -0.15) is 0 Å². The van der Waals surface area contributed by atoms with Crippen molar-refractivity contribution in [3.05, 3.63) is 29.8 Å². The molecular weight excluding hydrogens is 186 g/mol. The Hall–Kier alpha value is -1.02. The molecule has 1 rings (SSSR count). The van der Waals surface area contributed by atoms with Gasteiger partial charge < -0.3 is 10.0 Å². The van der Waals surface area contributed by atoms with Crippen LogP contribution in [0.3, 0.4) is 0 Å². The highest BCUT2D eigenvalue weighted by molar-refractivity contribution is 5.29. The van der Waals surface area contributed by atoms with Gasteiger partial charge in [-0.25, -0.2) is 0 Å². The first-order valence-corrected chi connectivity index (χ1v) is 5.44. The van der Waals surface area contributed by atoms with E-state index < -0.39 is 0 Å². The number of rotatable bonds is 4. The molecule has 0 aromatic heterocycles. The zero-order valence-corrected chi connectivity index (χ0v) is 10.1. The predicted octanol–water partition coefficient (Wildman–Crippen LogP) is 2.69. The van der Waals surface area contributed by atoms with Crippen molar-refractivity contribution in [3.8, 4) is 5.75 Å². The van der Waals surface area contributed by atoms with E-state index in [1.165, 1.54) is 5.56 Å². The van der Waals surface area contributed by atoms with E-state index in [4.69, 9.17) is 0 Å². The van der Waals surface area contributed by atoms with Crippen molar-refractivity contribution in [2.45, 2.75) is 19.8 Å². The van der Waals surface area contributed by atoms with E-state index in [9.17, 15) is 5.11 Å². The van der Waals surface area contributed by atoms with Crippen LogP contribution in [0.4, 0.5) is 0 Å². The summed E-state index contributed by atoms with van der Waals surface area (Å²) in [4.78, 5) is 2.20. The quantitative estimate of drug-likeness (QED) is 0.820. The van der Waals surface area contributed by atoms with Crippen LogP contribution in [0.15, 0.2) is 24.3 Å². The highest BCUT2D eigenvalue weighted by atomic mass is 16.3. The lowest BCUT2D eigenvalue weighted by Gasteiger charge is -2.23. The Kier molecular flexibility index (Phi) is 4.15. The number of phenols is 1. The van der Waals surface area contributed by atoms with E-state index in [1.807, 2.05) is 12.1 Å². The first-order valence-electron chi connectivity index (χ1n) is 5.44. The summed E-state index contributed by atoms with van der Waals surface area (Å²) in [5.41, 5.74) is 1.21. The van der Waals surface area contributed by atoms with Gasteiger partial charge in [-0.1, -0.05) is 26.0 Å². The predicted molar refractivity (Wildman–Crippen MR) is 64.2 cm³/mol. The number of aromatic hydroxyl groups is 1. The zero-order chi connectivity index (χ0) is 11.4. The lowest BCUT2D eigenvalue weighted by atomic mass is 9.88. The molecular formula is C13H21NO. The van der Waals surface area contributed by atoms with Crippen LogP contribution in [0.1, 0.15) is 25.3 Å². The molecule has 0 saturated carbocycles. The standard InChI is InChI=1S/C13H21NO/c1-10(9-14(3)4)11(2)12-6-5-7-13(15)8-12/h5-8,10-11,15H,9H2,1-4H3. The molecule has 0 amide bonds. The first kappa shape index (κ1) is 12.1. The van der Waals surface area contributed by atoms with Crippen LogP contribution in [0.2, 0.25) is 0 Å². The van der Waals surface area contributed by atoms with Gasteiger partial charge in [0, 0.05) is 6.54 Å². The lowest BCUT2D eigenvalue weighted by Crippen LogP contribution is -2.23. The Labute approximate surface area is 92.5 Å². The molecule has 0 aliphatic rings. The fourth-order valence-corrected chi connectivity index (χ4v) is 1.87. The molecule has 2 unspecified atom stereocenters. The van der Waals surface area contributed by atoms with Crippen LogP contribution in [0.5, 0.6) is 5.75 Å². The van der Waals surface area contributed by atoms with Crippen LogP contribution < -0.4 is 0 Å². The SMILES string of the molecule is CC(CN(C)C)C(C)c1cccc(O)c1. The van der Waals surface area contributed by atoms with Crippen molar-refractivity contribution < 1.29 is 5.11 Å². The Morgan fingerprint density at radius 1 is 1.27 bits per heavy atom. The largest absolute Gasteiger partial charge is 0.508 e. The molecule has 15 heavy (non-hydrogen) atoms. The second kappa shape index (κ2) is 5.17. The number of hydrogen-bond donors (Lipinski definition) is 1. The maximum absolute atomic E-state index is 9.42. The molecule has 0 bridgehead atoms. The van der Waals surface area contributed by atoms with Crippen LogP contribution in [0.25, 0.3) is 0 Å². The van der Waals surface area contributed by atoms with Gasteiger partial charge in [0.25, 0.3) is 0 Å². The van der Waals surface area contributed by atoms with Gasteiger partial charge in [-0.05, 0) is 43.6 Å². The van der Waals surface area contributed by atoms with E-state index in [2.05, 4.69) is 38.9 Å².